The van der Waals surface area contributed by atoms with Crippen molar-refractivity contribution in [3.8, 4) is 0 Å². The molecule has 0 radical (unpaired) electrons. The molecule has 4 N–H and O–H groups in total. The van der Waals surface area contributed by atoms with Gasteiger partial charge in [0.15, 0.2) is 0 Å². The van der Waals surface area contributed by atoms with E-state index in [4.69, 9.17) is 11.5 Å². The monoisotopic (exact) mass is 272 g/mol. The summed E-state index contributed by atoms with van der Waals surface area (Å²) >= 11 is 0. The minimum absolute atomic E-state index is 0. The summed E-state index contributed by atoms with van der Waals surface area (Å²) in [4.78, 5) is 31.0. The van der Waals surface area contributed by atoms with Gasteiger partial charge in [-0.1, -0.05) is 0 Å². The van der Waals surface area contributed by atoms with Gasteiger partial charge in [-0.05, 0) is 0 Å². The molecular formula is C5H12N2Na4O5. The van der Waals surface area contributed by atoms with Crippen LogP contribution in [-0.2, 0) is 19.1 Å². The van der Waals surface area contributed by atoms with Gasteiger partial charge < -0.3 is 26.6 Å². The molecule has 0 spiro atoms. The Morgan fingerprint density at radius 2 is 1.06 bits per heavy atom. The van der Waals surface area contributed by atoms with Crippen LogP contribution in [0.3, 0.4) is 0 Å². The topological polar surface area (TPSA) is 122 Å². The molecule has 0 saturated heterocycles. The Balaban J connectivity index is -0.0000000216. The van der Waals surface area contributed by atoms with Crippen LogP contribution in [0, 0.1) is 0 Å². The summed E-state index contributed by atoms with van der Waals surface area (Å²) in [6.45, 7) is -0.933. The third-order valence-electron chi connectivity index (χ3n) is 0.728. The smallest absolute Gasteiger partial charge is 1.00 e. The Hall–Kier alpha value is 2.53. The zero-order valence-corrected chi connectivity index (χ0v) is 18.1. The summed E-state index contributed by atoms with van der Waals surface area (Å²) in [7, 11) is 0. The van der Waals surface area contributed by atoms with E-state index in [2.05, 4.69) is 9.47 Å². The van der Waals surface area contributed by atoms with Gasteiger partial charge in [-0.3, -0.25) is 9.59 Å². The normalized spacial score (nSPS) is 6.62. The van der Waals surface area contributed by atoms with Gasteiger partial charge in [-0.2, -0.15) is 0 Å². The van der Waals surface area contributed by atoms with Crippen molar-refractivity contribution in [3.05, 3.63) is 0 Å². The first-order chi connectivity index (χ1) is 5.60. The van der Waals surface area contributed by atoms with Crippen LogP contribution in [0.25, 0.3) is 0 Å². The van der Waals surface area contributed by atoms with Crippen LogP contribution in [0.2, 0.25) is 0 Å². The van der Waals surface area contributed by atoms with E-state index in [9.17, 15) is 14.4 Å². The number of carbonyl (C=O) groups excluding carboxylic acids is 3. The second-order valence-electron chi connectivity index (χ2n) is 1.61. The van der Waals surface area contributed by atoms with Crippen LogP contribution in [0.1, 0.15) is 5.71 Å². The van der Waals surface area contributed by atoms with Gasteiger partial charge >= 0.3 is 136 Å². The van der Waals surface area contributed by atoms with Crippen molar-refractivity contribution in [2.75, 3.05) is 13.1 Å². The van der Waals surface area contributed by atoms with E-state index in [1.165, 1.54) is 0 Å². The first-order valence-corrected chi connectivity index (χ1v) is 2.95. The van der Waals surface area contributed by atoms with E-state index in [1.54, 1.807) is 0 Å². The summed E-state index contributed by atoms with van der Waals surface area (Å²) in [5.74, 6) is -1.96. The molecule has 0 aliphatic heterocycles. The van der Waals surface area contributed by atoms with Crippen LogP contribution in [0.15, 0.2) is 0 Å². The molecule has 0 saturated carbocycles. The molecule has 16 heavy (non-hydrogen) atoms. The quantitative estimate of drug-likeness (QED) is 0.291. The Kier molecular flexibility index (Phi) is 38.6. The molecule has 11 heteroatoms. The van der Waals surface area contributed by atoms with E-state index in [-0.39, 0.29) is 124 Å². The van der Waals surface area contributed by atoms with E-state index >= 15 is 0 Å². The van der Waals surface area contributed by atoms with Crippen molar-refractivity contribution in [1.29, 1.82) is 0 Å². The Bertz CT molecular complexity index is 209. The zero-order chi connectivity index (χ0) is 9.56. The minimum Gasteiger partial charge on any atom is -1.00 e. The SMILES string of the molecule is NCC(=O)OC(=O)OC(=O)CN.[H-].[H-].[H-].[H-].[Na+].[Na+].[Na+].[Na+]. The molecule has 0 aliphatic carbocycles. The second kappa shape index (κ2) is 19.9. The molecule has 0 unspecified atom stereocenters. The average Bonchev–Trinajstić information content (AvgIpc) is 2.03. The Morgan fingerprint density at radius 1 is 0.812 bits per heavy atom. The summed E-state index contributed by atoms with van der Waals surface area (Å²) in [5, 5.41) is 0. The third kappa shape index (κ3) is 18.9. The number of esters is 2. The first-order valence-electron chi connectivity index (χ1n) is 2.95. The summed E-state index contributed by atoms with van der Waals surface area (Å²) in [5.41, 5.74) is 9.58. The van der Waals surface area contributed by atoms with Gasteiger partial charge in [-0.25, -0.2) is 4.79 Å². The molecule has 7 nitrogen and oxygen atoms in total. The molecule has 0 aromatic carbocycles. The van der Waals surface area contributed by atoms with Gasteiger partial charge in [0.05, 0.1) is 13.1 Å². The molecule has 0 aliphatic rings. The third-order valence-corrected chi connectivity index (χ3v) is 0.728. The van der Waals surface area contributed by atoms with E-state index < -0.39 is 31.2 Å². The van der Waals surface area contributed by atoms with Gasteiger partial charge in [0.25, 0.3) is 0 Å². The predicted octanol–water partition coefficient (Wildman–Crippen LogP) is -13.4. The second-order valence-corrected chi connectivity index (χ2v) is 1.61. The number of rotatable bonds is 2. The Labute approximate surface area is 187 Å². The largest absolute Gasteiger partial charge is 1.00 e. The summed E-state index contributed by atoms with van der Waals surface area (Å²) in [6.07, 6.45) is -1.42. The predicted molar refractivity (Wildman–Crippen MR) is 40.1 cm³/mol. The van der Waals surface area contributed by atoms with Gasteiger partial charge in [-0.15, -0.1) is 0 Å². The molecule has 0 atom stereocenters. The fourth-order valence-corrected chi connectivity index (χ4v) is 0.290. The van der Waals surface area contributed by atoms with Crippen LogP contribution in [-0.4, -0.2) is 31.2 Å². The minimum atomic E-state index is -1.42. The maximum Gasteiger partial charge on any atom is 1.00 e. The van der Waals surface area contributed by atoms with Crippen LogP contribution >= 0.6 is 0 Å². The Morgan fingerprint density at radius 3 is 1.25 bits per heavy atom. The number of ether oxygens (including phenoxy) is 2. The van der Waals surface area contributed by atoms with Crippen LogP contribution in [0.5, 0.6) is 0 Å². The van der Waals surface area contributed by atoms with Crippen molar-refractivity contribution in [3.63, 3.8) is 0 Å². The van der Waals surface area contributed by atoms with Gasteiger partial charge in [0, 0.05) is 0 Å². The van der Waals surface area contributed by atoms with Gasteiger partial charge in [0.2, 0.25) is 0 Å². The maximum absolute atomic E-state index is 10.4. The van der Waals surface area contributed by atoms with Crippen molar-refractivity contribution >= 4 is 18.1 Å². The number of carbonyl (C=O) groups is 3. The number of nitrogens with two attached hydrogens (primary N) is 2. The van der Waals surface area contributed by atoms with Crippen molar-refractivity contribution in [1.82, 2.24) is 0 Å². The molecule has 0 amide bonds. The van der Waals surface area contributed by atoms with E-state index in [0.717, 1.165) is 0 Å². The zero-order valence-electron chi connectivity index (χ0n) is 14.1. The molecule has 76 valence electrons. The fourth-order valence-electron chi connectivity index (χ4n) is 0.290. The van der Waals surface area contributed by atoms with Crippen molar-refractivity contribution in [2.24, 2.45) is 11.5 Å². The van der Waals surface area contributed by atoms with Crippen LogP contribution in [0.4, 0.5) is 4.79 Å². The number of hydrogen-bond donors (Lipinski definition) is 2. The molecule has 0 rings (SSSR count). The van der Waals surface area contributed by atoms with Gasteiger partial charge in [0.1, 0.15) is 0 Å². The van der Waals surface area contributed by atoms with Crippen molar-refractivity contribution < 1.29 is 148 Å². The first kappa shape index (κ1) is 31.1. The van der Waals surface area contributed by atoms with E-state index in [0.29, 0.717) is 0 Å². The molecule has 0 bridgehead atoms. The molecule has 0 fully saturated rings. The van der Waals surface area contributed by atoms with E-state index in [1.807, 2.05) is 0 Å². The maximum atomic E-state index is 10.4. The van der Waals surface area contributed by atoms with Crippen LogP contribution < -0.4 is 130 Å². The molecule has 0 aromatic rings. The van der Waals surface area contributed by atoms with Crippen molar-refractivity contribution in [2.45, 2.75) is 0 Å². The summed E-state index contributed by atoms with van der Waals surface area (Å²) < 4.78 is 7.74. The standard InChI is InChI=1S/C5H8N2O5.4Na.4H/c6-1-3(8)11-5(10)12-4(9)2-7;;;;;;;;/h1-2,6-7H2;;;;;;;;/q;4*+1;4*-1. The average molecular weight is 272 g/mol. The molecule has 0 heterocycles. The number of hydrogen-bond acceptors (Lipinski definition) is 7. The molecule has 0 aromatic heterocycles. The summed E-state index contributed by atoms with van der Waals surface area (Å²) in [6, 6.07) is 0. The molecular weight excluding hydrogens is 260 g/mol. The fraction of sp³-hybridized carbons (Fsp3) is 0.400.